The molecule has 1 rings (SSSR count). The van der Waals surface area contributed by atoms with Gasteiger partial charge in [-0.15, -0.1) is 0 Å². The zero-order valence-corrected chi connectivity index (χ0v) is 12.2. The number of halogens is 1. The summed E-state index contributed by atoms with van der Waals surface area (Å²) in [6.07, 6.45) is -0.199. The Labute approximate surface area is 118 Å². The maximum absolute atomic E-state index is 13.6. The molecule has 0 spiro atoms. The summed E-state index contributed by atoms with van der Waals surface area (Å²) in [5.41, 5.74) is 0.716. The maximum Gasteiger partial charge on any atom is 0.310 e. The van der Waals surface area contributed by atoms with Crippen LogP contribution < -0.4 is 5.32 Å². The Morgan fingerprint density at radius 3 is 2.50 bits per heavy atom. The number of esters is 1. The van der Waals surface area contributed by atoms with Crippen LogP contribution in [0.3, 0.4) is 0 Å². The van der Waals surface area contributed by atoms with Crippen molar-refractivity contribution in [3.05, 3.63) is 35.1 Å². The summed E-state index contributed by atoms with van der Waals surface area (Å²) in [6.45, 7) is 7.01. The Kier molecular flexibility index (Phi) is 5.67. The molecule has 4 nitrogen and oxygen atoms in total. The van der Waals surface area contributed by atoms with Crippen LogP contribution >= 0.6 is 0 Å². The number of ether oxygens (including phenoxy) is 1. The lowest BCUT2D eigenvalue weighted by Crippen LogP contribution is -2.33. The minimum absolute atomic E-state index is 0.0278. The van der Waals surface area contributed by atoms with Crippen molar-refractivity contribution < 1.29 is 18.7 Å². The zero-order chi connectivity index (χ0) is 15.3. The summed E-state index contributed by atoms with van der Waals surface area (Å²) >= 11 is 0. The molecule has 0 bridgehead atoms. The molecule has 1 amide bonds. The minimum Gasteiger partial charge on any atom is -0.463 e. The van der Waals surface area contributed by atoms with E-state index in [0.717, 1.165) is 5.56 Å². The Hall–Kier alpha value is -1.91. The fourth-order valence-corrected chi connectivity index (χ4v) is 1.58. The Morgan fingerprint density at radius 1 is 1.30 bits per heavy atom. The average molecular weight is 281 g/mol. The highest BCUT2D eigenvalue weighted by atomic mass is 19.1. The SMILES string of the molecule is Cc1ccc(C(=O)NCC(C)C(=O)OC(C)C)c(F)c1. The molecule has 0 saturated carbocycles. The van der Waals surface area contributed by atoms with E-state index in [-0.39, 0.29) is 24.2 Å². The van der Waals surface area contributed by atoms with Gasteiger partial charge in [0.2, 0.25) is 0 Å². The van der Waals surface area contributed by atoms with Crippen LogP contribution in [0.25, 0.3) is 0 Å². The predicted octanol–water partition coefficient (Wildman–Crippen LogP) is 2.45. The first-order chi connectivity index (χ1) is 9.31. The molecule has 1 atom stereocenters. The number of amides is 1. The highest BCUT2D eigenvalue weighted by molar-refractivity contribution is 5.94. The molecule has 0 heterocycles. The normalized spacial score (nSPS) is 12.1. The van der Waals surface area contributed by atoms with E-state index in [0.29, 0.717) is 0 Å². The molecule has 0 fully saturated rings. The van der Waals surface area contributed by atoms with Crippen LogP contribution in [0.1, 0.15) is 36.7 Å². The zero-order valence-electron chi connectivity index (χ0n) is 12.2. The smallest absolute Gasteiger partial charge is 0.310 e. The van der Waals surface area contributed by atoms with Crippen molar-refractivity contribution in [1.82, 2.24) is 5.32 Å². The van der Waals surface area contributed by atoms with E-state index >= 15 is 0 Å². The number of hydrogen-bond acceptors (Lipinski definition) is 3. The van der Waals surface area contributed by atoms with Crippen LogP contribution in [0.5, 0.6) is 0 Å². The molecule has 1 aromatic rings. The van der Waals surface area contributed by atoms with E-state index < -0.39 is 17.6 Å². The van der Waals surface area contributed by atoms with Gasteiger partial charge in [0.25, 0.3) is 5.91 Å². The Morgan fingerprint density at radius 2 is 1.95 bits per heavy atom. The minimum atomic E-state index is -0.570. The number of carbonyl (C=O) groups is 2. The molecule has 1 N–H and O–H groups in total. The van der Waals surface area contributed by atoms with Crippen LogP contribution in [0.4, 0.5) is 4.39 Å². The van der Waals surface area contributed by atoms with Gasteiger partial charge in [-0.25, -0.2) is 4.39 Å². The third kappa shape index (κ3) is 4.64. The van der Waals surface area contributed by atoms with E-state index in [1.165, 1.54) is 12.1 Å². The van der Waals surface area contributed by atoms with E-state index in [4.69, 9.17) is 4.74 Å². The molecule has 110 valence electrons. The van der Waals surface area contributed by atoms with Crippen molar-refractivity contribution in [1.29, 1.82) is 0 Å². The van der Waals surface area contributed by atoms with Crippen molar-refractivity contribution in [2.75, 3.05) is 6.54 Å². The molecule has 1 unspecified atom stereocenters. The fourth-order valence-electron chi connectivity index (χ4n) is 1.58. The first-order valence-electron chi connectivity index (χ1n) is 6.56. The number of carbonyl (C=O) groups excluding carboxylic acids is 2. The fraction of sp³-hybridized carbons (Fsp3) is 0.467. The molecule has 0 radical (unpaired) electrons. The lowest BCUT2D eigenvalue weighted by atomic mass is 10.1. The van der Waals surface area contributed by atoms with Gasteiger partial charge in [-0.05, 0) is 38.5 Å². The number of rotatable bonds is 5. The highest BCUT2D eigenvalue weighted by Crippen LogP contribution is 2.10. The van der Waals surface area contributed by atoms with Crippen LogP contribution in [-0.4, -0.2) is 24.5 Å². The predicted molar refractivity (Wildman–Crippen MR) is 73.9 cm³/mol. The summed E-state index contributed by atoms with van der Waals surface area (Å²) in [7, 11) is 0. The second kappa shape index (κ2) is 7.03. The highest BCUT2D eigenvalue weighted by Gasteiger charge is 2.18. The summed E-state index contributed by atoms with van der Waals surface area (Å²) in [5.74, 6) is -1.97. The monoisotopic (exact) mass is 281 g/mol. The van der Waals surface area contributed by atoms with Crippen molar-refractivity contribution in [3.8, 4) is 0 Å². The number of nitrogens with one attached hydrogen (secondary N) is 1. The number of aryl methyl sites for hydroxylation is 1. The molecular weight excluding hydrogens is 261 g/mol. The first-order valence-corrected chi connectivity index (χ1v) is 6.56. The summed E-state index contributed by atoms with van der Waals surface area (Å²) < 4.78 is 18.6. The number of hydrogen-bond donors (Lipinski definition) is 1. The largest absolute Gasteiger partial charge is 0.463 e. The summed E-state index contributed by atoms with van der Waals surface area (Å²) in [6, 6.07) is 4.39. The van der Waals surface area contributed by atoms with Gasteiger partial charge in [0.05, 0.1) is 17.6 Å². The quantitative estimate of drug-likeness (QED) is 0.843. The molecule has 0 aliphatic heterocycles. The van der Waals surface area contributed by atoms with E-state index in [2.05, 4.69) is 5.32 Å². The van der Waals surface area contributed by atoms with Crippen LogP contribution in [-0.2, 0) is 9.53 Å². The van der Waals surface area contributed by atoms with E-state index in [1.807, 2.05) is 0 Å². The average Bonchev–Trinajstić information content (AvgIpc) is 2.34. The van der Waals surface area contributed by atoms with Crippen LogP contribution in [0.15, 0.2) is 18.2 Å². The van der Waals surface area contributed by atoms with Gasteiger partial charge in [0.1, 0.15) is 5.82 Å². The Bertz CT molecular complexity index is 500. The van der Waals surface area contributed by atoms with Gasteiger partial charge in [0.15, 0.2) is 0 Å². The molecule has 0 aromatic heterocycles. The molecule has 0 aliphatic rings. The molecule has 0 aliphatic carbocycles. The molecule has 1 aromatic carbocycles. The standard InChI is InChI=1S/C15H20FNO3/c1-9(2)20-15(19)11(4)8-17-14(18)12-6-5-10(3)7-13(12)16/h5-7,9,11H,8H2,1-4H3,(H,17,18). The van der Waals surface area contributed by atoms with Gasteiger partial charge >= 0.3 is 5.97 Å². The van der Waals surface area contributed by atoms with Crippen molar-refractivity contribution in [3.63, 3.8) is 0 Å². The van der Waals surface area contributed by atoms with Gasteiger partial charge in [-0.1, -0.05) is 13.0 Å². The van der Waals surface area contributed by atoms with E-state index in [9.17, 15) is 14.0 Å². The third-order valence-corrected chi connectivity index (χ3v) is 2.69. The van der Waals surface area contributed by atoms with Crippen molar-refractivity contribution in [2.45, 2.75) is 33.8 Å². The van der Waals surface area contributed by atoms with E-state index in [1.54, 1.807) is 33.8 Å². The molecule has 20 heavy (non-hydrogen) atoms. The molecule has 0 saturated heterocycles. The number of benzene rings is 1. The Balaban J connectivity index is 2.57. The van der Waals surface area contributed by atoms with Crippen LogP contribution in [0, 0.1) is 18.7 Å². The maximum atomic E-state index is 13.6. The molecule has 5 heteroatoms. The topological polar surface area (TPSA) is 55.4 Å². The van der Waals surface area contributed by atoms with Crippen molar-refractivity contribution >= 4 is 11.9 Å². The lowest BCUT2D eigenvalue weighted by Gasteiger charge is -2.14. The summed E-state index contributed by atoms with van der Waals surface area (Å²) in [5, 5.41) is 2.53. The first kappa shape index (κ1) is 16.1. The third-order valence-electron chi connectivity index (χ3n) is 2.69. The summed E-state index contributed by atoms with van der Waals surface area (Å²) in [4.78, 5) is 23.4. The second-order valence-corrected chi connectivity index (χ2v) is 5.08. The second-order valence-electron chi connectivity index (χ2n) is 5.08. The van der Waals surface area contributed by atoms with Gasteiger partial charge < -0.3 is 10.1 Å². The van der Waals surface area contributed by atoms with Gasteiger partial charge in [0, 0.05) is 6.54 Å². The van der Waals surface area contributed by atoms with Crippen molar-refractivity contribution in [2.24, 2.45) is 5.92 Å². The molecular formula is C15H20FNO3. The lowest BCUT2D eigenvalue weighted by molar-refractivity contribution is -0.151. The van der Waals surface area contributed by atoms with Crippen LogP contribution in [0.2, 0.25) is 0 Å². The van der Waals surface area contributed by atoms with Gasteiger partial charge in [-0.3, -0.25) is 9.59 Å². The van der Waals surface area contributed by atoms with Gasteiger partial charge in [-0.2, -0.15) is 0 Å².